The first kappa shape index (κ1) is 18.7. The molecule has 0 N–H and O–H groups in total. The maximum Gasteiger partial charge on any atom is 0.210 e. The van der Waals surface area contributed by atoms with Crippen molar-refractivity contribution in [2.45, 2.75) is 30.7 Å². The van der Waals surface area contributed by atoms with Gasteiger partial charge in [-0.25, -0.2) is 4.98 Å². The summed E-state index contributed by atoms with van der Waals surface area (Å²) >= 11 is 4.73. The summed E-state index contributed by atoms with van der Waals surface area (Å²) in [6.45, 7) is 4.17. The molecule has 3 heterocycles. The average Bonchev–Trinajstić information content (AvgIpc) is 3.42. The predicted octanol–water partition coefficient (Wildman–Crippen LogP) is 5.85. The molecular weight excluding hydrogens is 418 g/mol. The lowest BCUT2D eigenvalue weighted by Crippen LogP contribution is -2.12. The first-order chi connectivity index (χ1) is 14.1. The van der Waals surface area contributed by atoms with E-state index in [1.807, 2.05) is 24.3 Å². The van der Waals surface area contributed by atoms with Crippen molar-refractivity contribution < 1.29 is 4.79 Å². The van der Waals surface area contributed by atoms with Gasteiger partial charge < -0.3 is 0 Å². The highest BCUT2D eigenvalue weighted by Crippen LogP contribution is 2.39. The Kier molecular flexibility index (Phi) is 4.81. The summed E-state index contributed by atoms with van der Waals surface area (Å²) in [5.41, 5.74) is 5.92. The lowest BCUT2D eigenvalue weighted by Gasteiger charge is -2.10. The van der Waals surface area contributed by atoms with Crippen molar-refractivity contribution in [2.24, 2.45) is 0 Å². The summed E-state index contributed by atoms with van der Waals surface area (Å²) in [4.78, 5) is 19.9. The number of Topliss-reactive ketones (excluding diaryl/α,β-unsaturated/α-hetero) is 1. The van der Waals surface area contributed by atoms with Crippen LogP contribution in [0.25, 0.3) is 21.1 Å². The minimum atomic E-state index is -0.194. The number of hydrogen-bond acceptors (Lipinski definition) is 7. The van der Waals surface area contributed by atoms with Crippen LogP contribution < -0.4 is 0 Å². The SMILES string of the molecule is Cc1ccsc1-c1nnc(S[C@H]2Cc3ccccc3C2=O)nc1-c1sccc1C. The molecule has 1 aliphatic rings. The number of nitrogens with zero attached hydrogens (tertiary/aromatic N) is 3. The molecule has 0 spiro atoms. The highest BCUT2D eigenvalue weighted by Gasteiger charge is 2.32. The van der Waals surface area contributed by atoms with E-state index < -0.39 is 0 Å². The summed E-state index contributed by atoms with van der Waals surface area (Å²) in [5, 5.41) is 13.5. The van der Waals surface area contributed by atoms with E-state index in [4.69, 9.17) is 4.98 Å². The molecule has 0 saturated heterocycles. The second-order valence-corrected chi connectivity index (χ2v) is 9.99. The Morgan fingerprint density at radius 2 is 1.62 bits per heavy atom. The fourth-order valence-corrected chi connectivity index (χ4v) is 6.34. The van der Waals surface area contributed by atoms with Gasteiger partial charge in [-0.05, 0) is 59.9 Å². The smallest absolute Gasteiger partial charge is 0.210 e. The van der Waals surface area contributed by atoms with Crippen LogP contribution in [0.15, 0.2) is 52.3 Å². The Hall–Kier alpha value is -2.35. The molecular formula is C22H17N3OS3. The molecule has 0 unspecified atom stereocenters. The van der Waals surface area contributed by atoms with Gasteiger partial charge >= 0.3 is 0 Å². The van der Waals surface area contributed by atoms with E-state index >= 15 is 0 Å². The van der Waals surface area contributed by atoms with E-state index in [2.05, 4.69) is 46.9 Å². The first-order valence-corrected chi connectivity index (χ1v) is 11.9. The Balaban J connectivity index is 1.54. The van der Waals surface area contributed by atoms with Gasteiger partial charge in [0.1, 0.15) is 11.4 Å². The van der Waals surface area contributed by atoms with E-state index in [0.717, 1.165) is 32.3 Å². The zero-order chi connectivity index (χ0) is 20.0. The fourth-order valence-electron chi connectivity index (χ4n) is 3.53. The Labute approximate surface area is 181 Å². The number of fused-ring (bicyclic) bond motifs is 1. The number of ketones is 1. The third kappa shape index (κ3) is 3.33. The Morgan fingerprint density at radius 3 is 2.28 bits per heavy atom. The third-order valence-electron chi connectivity index (χ3n) is 5.05. The topological polar surface area (TPSA) is 55.7 Å². The number of hydrogen-bond donors (Lipinski definition) is 0. The summed E-state index contributed by atoms with van der Waals surface area (Å²) < 4.78 is 0. The monoisotopic (exact) mass is 435 g/mol. The van der Waals surface area contributed by atoms with E-state index in [1.165, 1.54) is 22.9 Å². The summed E-state index contributed by atoms with van der Waals surface area (Å²) in [7, 11) is 0. The number of carbonyl (C=O) groups excluding carboxylic acids is 1. The van der Waals surface area contributed by atoms with Crippen molar-refractivity contribution in [1.82, 2.24) is 15.2 Å². The van der Waals surface area contributed by atoms with Gasteiger partial charge in [-0.1, -0.05) is 36.0 Å². The summed E-state index contributed by atoms with van der Waals surface area (Å²) in [6.07, 6.45) is 0.710. The second kappa shape index (κ2) is 7.48. The van der Waals surface area contributed by atoms with E-state index in [9.17, 15) is 4.79 Å². The van der Waals surface area contributed by atoms with Crippen LogP contribution >= 0.6 is 34.4 Å². The molecule has 4 nitrogen and oxygen atoms in total. The van der Waals surface area contributed by atoms with Gasteiger partial charge in [0.05, 0.1) is 15.0 Å². The Bertz CT molecular complexity index is 1230. The molecule has 0 bridgehead atoms. The largest absolute Gasteiger partial charge is 0.293 e. The molecule has 29 heavy (non-hydrogen) atoms. The van der Waals surface area contributed by atoms with E-state index in [1.54, 1.807) is 22.7 Å². The molecule has 0 radical (unpaired) electrons. The Morgan fingerprint density at radius 1 is 0.931 bits per heavy atom. The van der Waals surface area contributed by atoms with Crippen molar-refractivity contribution >= 4 is 40.2 Å². The number of aryl methyl sites for hydroxylation is 2. The van der Waals surface area contributed by atoms with Gasteiger partial charge in [-0.15, -0.1) is 32.9 Å². The van der Waals surface area contributed by atoms with Gasteiger partial charge in [0.15, 0.2) is 5.78 Å². The minimum Gasteiger partial charge on any atom is -0.293 e. The second-order valence-electron chi connectivity index (χ2n) is 6.99. The number of thioether (sulfide) groups is 1. The first-order valence-electron chi connectivity index (χ1n) is 9.24. The zero-order valence-corrected chi connectivity index (χ0v) is 18.3. The van der Waals surface area contributed by atoms with Crippen LogP contribution in [0.4, 0.5) is 0 Å². The molecule has 0 saturated carbocycles. The number of thiophene rings is 2. The maximum absolute atomic E-state index is 12.8. The molecule has 1 aromatic carbocycles. The van der Waals surface area contributed by atoms with E-state index in [-0.39, 0.29) is 11.0 Å². The predicted molar refractivity (Wildman–Crippen MR) is 120 cm³/mol. The van der Waals surface area contributed by atoms with Crippen LogP contribution in [0.2, 0.25) is 0 Å². The molecule has 1 atom stereocenters. The number of aromatic nitrogens is 3. The lowest BCUT2D eigenvalue weighted by molar-refractivity contribution is 0.1000. The van der Waals surface area contributed by atoms with Gasteiger partial charge in [-0.2, -0.15) is 0 Å². The van der Waals surface area contributed by atoms with Gasteiger partial charge in [0.2, 0.25) is 5.16 Å². The summed E-state index contributed by atoms with van der Waals surface area (Å²) in [5.74, 6) is 0.154. The minimum absolute atomic E-state index is 0.154. The van der Waals surface area contributed by atoms with Crippen molar-refractivity contribution in [3.63, 3.8) is 0 Å². The molecule has 0 fully saturated rings. The molecule has 1 aliphatic carbocycles. The fraction of sp³-hybridized carbons (Fsp3) is 0.182. The van der Waals surface area contributed by atoms with Crippen LogP contribution in [0, 0.1) is 13.8 Å². The van der Waals surface area contributed by atoms with Crippen LogP contribution in [0.5, 0.6) is 0 Å². The van der Waals surface area contributed by atoms with E-state index in [0.29, 0.717) is 11.6 Å². The van der Waals surface area contributed by atoms with Crippen LogP contribution in [-0.4, -0.2) is 26.2 Å². The number of carbonyl (C=O) groups is 1. The number of rotatable bonds is 4. The summed E-state index contributed by atoms with van der Waals surface area (Å²) in [6, 6.07) is 12.0. The highest BCUT2D eigenvalue weighted by molar-refractivity contribution is 8.00. The molecule has 0 amide bonds. The maximum atomic E-state index is 12.8. The zero-order valence-electron chi connectivity index (χ0n) is 15.9. The van der Waals surface area contributed by atoms with Gasteiger partial charge in [0.25, 0.3) is 0 Å². The van der Waals surface area contributed by atoms with Gasteiger partial charge in [-0.3, -0.25) is 4.79 Å². The normalized spacial score (nSPS) is 15.7. The molecule has 0 aliphatic heterocycles. The van der Waals surface area contributed by atoms with Crippen molar-refractivity contribution in [3.05, 3.63) is 69.4 Å². The lowest BCUT2D eigenvalue weighted by atomic mass is 10.1. The van der Waals surface area contributed by atoms with Crippen molar-refractivity contribution in [2.75, 3.05) is 0 Å². The molecule has 7 heteroatoms. The average molecular weight is 436 g/mol. The molecule has 3 aromatic heterocycles. The molecule has 5 rings (SSSR count). The van der Waals surface area contributed by atoms with Crippen LogP contribution in [0.3, 0.4) is 0 Å². The quantitative estimate of drug-likeness (QED) is 0.403. The molecule has 144 valence electrons. The third-order valence-corrected chi connectivity index (χ3v) is 8.15. The highest BCUT2D eigenvalue weighted by atomic mass is 32.2. The van der Waals surface area contributed by atoms with Crippen LogP contribution in [-0.2, 0) is 6.42 Å². The standard InChI is InChI=1S/C22H17N3OS3/c1-12-7-9-27-20(12)17-18(21-13(2)8-10-28-21)24-25-22(23-17)29-16-11-14-5-3-4-6-15(14)19(16)26/h3-10,16H,11H2,1-2H3/t16-/m0/s1. The van der Waals surface area contributed by atoms with Crippen molar-refractivity contribution in [1.29, 1.82) is 0 Å². The molecule has 4 aromatic rings. The van der Waals surface area contributed by atoms with Crippen molar-refractivity contribution in [3.8, 4) is 21.1 Å². The van der Waals surface area contributed by atoms with Gasteiger partial charge in [0, 0.05) is 5.56 Å². The van der Waals surface area contributed by atoms with Crippen LogP contribution in [0.1, 0.15) is 27.0 Å². The number of benzene rings is 1.